The summed E-state index contributed by atoms with van der Waals surface area (Å²) >= 11 is 0. The Labute approximate surface area is 187 Å². The molecule has 3 aromatic rings. The maximum atomic E-state index is 13.2. The van der Waals surface area contributed by atoms with Gasteiger partial charge in [-0.05, 0) is 48.5 Å². The number of nitrogens with one attached hydrogen (secondary N) is 1. The van der Waals surface area contributed by atoms with Gasteiger partial charge in [0.25, 0.3) is 5.91 Å². The third kappa shape index (κ3) is 4.44. The number of hydrogen-bond acceptors (Lipinski definition) is 4. The molecular weight excluding hydrogens is 428 g/mol. The third-order valence-electron chi connectivity index (χ3n) is 5.36. The van der Waals surface area contributed by atoms with Crippen LogP contribution in [0.2, 0.25) is 0 Å². The Morgan fingerprint density at radius 1 is 0.844 bits per heavy atom. The van der Waals surface area contributed by atoms with E-state index in [-0.39, 0.29) is 29.8 Å². The Bertz CT molecular complexity index is 1210. The number of rotatable bonds is 5. The van der Waals surface area contributed by atoms with Crippen molar-refractivity contribution in [3.63, 3.8) is 0 Å². The van der Waals surface area contributed by atoms with E-state index in [4.69, 9.17) is 0 Å². The lowest BCUT2D eigenvalue weighted by atomic mass is 10.1. The van der Waals surface area contributed by atoms with Crippen molar-refractivity contribution in [3.05, 3.63) is 78.6 Å². The van der Waals surface area contributed by atoms with E-state index >= 15 is 0 Å². The first-order chi connectivity index (χ1) is 15.4. The molecule has 1 fully saturated rings. The van der Waals surface area contributed by atoms with Gasteiger partial charge in [0.2, 0.25) is 15.9 Å². The number of piperazine rings is 1. The molecule has 0 bridgehead atoms. The van der Waals surface area contributed by atoms with Crippen molar-refractivity contribution in [1.29, 1.82) is 0 Å². The number of aromatic nitrogens is 1. The molecule has 32 heavy (non-hydrogen) atoms. The fourth-order valence-corrected chi connectivity index (χ4v) is 5.16. The minimum atomic E-state index is -3.69. The van der Waals surface area contributed by atoms with Gasteiger partial charge in [0.1, 0.15) is 0 Å². The van der Waals surface area contributed by atoms with Crippen LogP contribution >= 0.6 is 0 Å². The second-order valence-corrected chi connectivity index (χ2v) is 9.45. The zero-order chi connectivity index (χ0) is 22.7. The Hall–Kier alpha value is -3.43. The maximum Gasteiger partial charge on any atom is 0.256 e. The summed E-state index contributed by atoms with van der Waals surface area (Å²) < 4.78 is 29.3. The second-order valence-electron chi connectivity index (χ2n) is 7.51. The van der Waals surface area contributed by atoms with Crippen LogP contribution in [0.15, 0.2) is 78.0 Å². The molecule has 166 valence electrons. The molecule has 1 aliphatic heterocycles. The highest BCUT2D eigenvalue weighted by molar-refractivity contribution is 7.89. The topological polar surface area (TPSA) is 91.7 Å². The number of sulfonamides is 1. The number of para-hydroxylation sites is 1. The summed E-state index contributed by atoms with van der Waals surface area (Å²) in [5.74, 6) is -0.342. The van der Waals surface area contributed by atoms with Crippen molar-refractivity contribution in [2.75, 3.05) is 31.5 Å². The summed E-state index contributed by atoms with van der Waals surface area (Å²) in [7, 11) is -3.69. The first-order valence-electron chi connectivity index (χ1n) is 10.3. The van der Waals surface area contributed by atoms with Crippen molar-refractivity contribution in [1.82, 2.24) is 13.8 Å². The van der Waals surface area contributed by atoms with Crippen molar-refractivity contribution < 1.29 is 18.0 Å². The number of carbonyl (C=O) groups is 2. The van der Waals surface area contributed by atoms with Gasteiger partial charge in [-0.3, -0.25) is 9.59 Å². The predicted octanol–water partition coefficient (Wildman–Crippen LogP) is 2.58. The van der Waals surface area contributed by atoms with Crippen LogP contribution in [-0.2, 0) is 14.8 Å². The van der Waals surface area contributed by atoms with Gasteiger partial charge in [0.05, 0.1) is 16.1 Å². The van der Waals surface area contributed by atoms with Crippen LogP contribution in [0.5, 0.6) is 0 Å². The van der Waals surface area contributed by atoms with Crippen LogP contribution < -0.4 is 5.32 Å². The first kappa shape index (κ1) is 21.8. The van der Waals surface area contributed by atoms with Gasteiger partial charge in [-0.25, -0.2) is 8.42 Å². The largest absolute Gasteiger partial charge is 0.336 e. The number of nitrogens with zero attached hydrogens (tertiary/aromatic N) is 3. The predicted molar refractivity (Wildman–Crippen MR) is 121 cm³/mol. The van der Waals surface area contributed by atoms with E-state index in [1.165, 1.54) is 23.4 Å². The average Bonchev–Trinajstić information content (AvgIpc) is 3.33. The first-order valence-corrected chi connectivity index (χ1v) is 11.7. The molecule has 1 aromatic heterocycles. The molecular formula is C23H24N4O4S. The molecule has 1 saturated heterocycles. The van der Waals surface area contributed by atoms with E-state index in [2.05, 4.69) is 5.32 Å². The van der Waals surface area contributed by atoms with Crippen LogP contribution in [0.3, 0.4) is 0 Å². The fraction of sp³-hybridized carbons (Fsp3) is 0.217. The Kier molecular flexibility index (Phi) is 6.11. The highest BCUT2D eigenvalue weighted by atomic mass is 32.2. The summed E-state index contributed by atoms with van der Waals surface area (Å²) in [5.41, 5.74) is 1.90. The minimum absolute atomic E-state index is 0.119. The number of carbonyl (C=O) groups excluding carboxylic acids is 2. The monoisotopic (exact) mass is 452 g/mol. The summed E-state index contributed by atoms with van der Waals surface area (Å²) in [6.07, 6.45) is 3.77. The lowest BCUT2D eigenvalue weighted by Gasteiger charge is -2.34. The number of anilines is 1. The van der Waals surface area contributed by atoms with Crippen molar-refractivity contribution in [2.24, 2.45) is 0 Å². The highest BCUT2D eigenvalue weighted by Gasteiger charge is 2.31. The molecule has 1 N–H and O–H groups in total. The second kappa shape index (κ2) is 8.97. The maximum absolute atomic E-state index is 13.2. The fourth-order valence-electron chi connectivity index (χ4n) is 3.74. The number of hydrogen-bond donors (Lipinski definition) is 1. The van der Waals surface area contributed by atoms with Gasteiger partial charge in [0, 0.05) is 51.2 Å². The van der Waals surface area contributed by atoms with Crippen LogP contribution in [0.4, 0.5) is 5.69 Å². The molecule has 0 atom stereocenters. The smallest absolute Gasteiger partial charge is 0.256 e. The van der Waals surface area contributed by atoms with Crippen LogP contribution in [-0.4, -0.2) is 60.2 Å². The molecule has 4 rings (SSSR count). The molecule has 9 heteroatoms. The Balaban J connectivity index is 1.45. The molecule has 0 aliphatic carbocycles. The molecule has 0 unspecified atom stereocenters. The average molecular weight is 453 g/mol. The van der Waals surface area contributed by atoms with Crippen LogP contribution in [0, 0.1) is 0 Å². The van der Waals surface area contributed by atoms with Gasteiger partial charge < -0.3 is 14.8 Å². The van der Waals surface area contributed by atoms with Crippen LogP contribution in [0.1, 0.15) is 17.3 Å². The zero-order valence-corrected chi connectivity index (χ0v) is 18.5. The van der Waals surface area contributed by atoms with Crippen LogP contribution in [0.25, 0.3) is 5.69 Å². The molecule has 0 radical (unpaired) electrons. The zero-order valence-electron chi connectivity index (χ0n) is 17.6. The minimum Gasteiger partial charge on any atom is -0.336 e. The lowest BCUT2D eigenvalue weighted by molar-refractivity contribution is -0.114. The van der Waals surface area contributed by atoms with Crippen molar-refractivity contribution in [3.8, 4) is 5.69 Å². The van der Waals surface area contributed by atoms with Gasteiger partial charge in [-0.1, -0.05) is 12.1 Å². The van der Waals surface area contributed by atoms with Gasteiger partial charge >= 0.3 is 0 Å². The number of benzene rings is 2. The molecule has 1 aliphatic rings. The SMILES string of the molecule is CC(=O)Nc1ccc(S(=O)(=O)N2CCN(C(=O)c3ccccc3-n3cccc3)CC2)cc1. The van der Waals surface area contributed by atoms with E-state index in [0.29, 0.717) is 24.3 Å². The van der Waals surface area contributed by atoms with E-state index in [1.54, 1.807) is 23.1 Å². The standard InChI is InChI=1S/C23H24N4O4S/c1-18(28)24-19-8-10-20(11-9-19)32(30,31)27-16-14-26(15-17-27)23(29)21-6-2-3-7-22(21)25-12-4-5-13-25/h2-13H,14-17H2,1H3,(H,24,28). The van der Waals surface area contributed by atoms with Crippen molar-refractivity contribution in [2.45, 2.75) is 11.8 Å². The molecule has 2 aromatic carbocycles. The van der Waals surface area contributed by atoms with E-state index in [0.717, 1.165) is 5.69 Å². The highest BCUT2D eigenvalue weighted by Crippen LogP contribution is 2.22. The summed E-state index contributed by atoms with van der Waals surface area (Å²) in [5, 5.41) is 2.62. The van der Waals surface area contributed by atoms with E-state index in [9.17, 15) is 18.0 Å². The quantitative estimate of drug-likeness (QED) is 0.644. The molecule has 0 saturated carbocycles. The summed E-state index contributed by atoms with van der Waals surface area (Å²) in [6.45, 7) is 2.44. The molecule has 0 spiro atoms. The summed E-state index contributed by atoms with van der Waals surface area (Å²) in [6, 6.07) is 17.3. The van der Waals surface area contributed by atoms with Gasteiger partial charge in [-0.2, -0.15) is 4.31 Å². The van der Waals surface area contributed by atoms with E-state index in [1.807, 2.05) is 47.3 Å². The van der Waals surface area contributed by atoms with Crippen molar-refractivity contribution >= 4 is 27.5 Å². The van der Waals surface area contributed by atoms with E-state index < -0.39 is 10.0 Å². The normalized spacial score (nSPS) is 14.8. The van der Waals surface area contributed by atoms with Gasteiger partial charge in [0.15, 0.2) is 0 Å². The Morgan fingerprint density at radius 3 is 2.09 bits per heavy atom. The van der Waals surface area contributed by atoms with Gasteiger partial charge in [-0.15, -0.1) is 0 Å². The molecule has 8 nitrogen and oxygen atoms in total. The number of amides is 2. The lowest BCUT2D eigenvalue weighted by Crippen LogP contribution is -2.50. The molecule has 2 heterocycles. The Morgan fingerprint density at radius 2 is 1.47 bits per heavy atom. The summed E-state index contributed by atoms with van der Waals surface area (Å²) in [4.78, 5) is 26.2. The third-order valence-corrected chi connectivity index (χ3v) is 7.27. The molecule has 2 amide bonds.